The first-order valence-corrected chi connectivity index (χ1v) is 5.68. The molecule has 2 rings (SSSR count). The van der Waals surface area contributed by atoms with Gasteiger partial charge in [-0.2, -0.15) is 0 Å². The van der Waals surface area contributed by atoms with Gasteiger partial charge >= 0.3 is 0 Å². The molecule has 2 aromatic heterocycles. The molecule has 0 aliphatic carbocycles. The molecule has 0 aliphatic rings. The summed E-state index contributed by atoms with van der Waals surface area (Å²) in [6.07, 6.45) is 1.53. The fourth-order valence-electron chi connectivity index (χ4n) is 1.48. The molecule has 1 unspecified atom stereocenters. The van der Waals surface area contributed by atoms with Gasteiger partial charge in [-0.25, -0.2) is 4.98 Å². The maximum Gasteiger partial charge on any atom is 0.135 e. The predicted molar refractivity (Wildman–Crippen MR) is 59.0 cm³/mol. The van der Waals surface area contributed by atoms with Gasteiger partial charge in [-0.3, -0.25) is 0 Å². The van der Waals surface area contributed by atoms with E-state index in [9.17, 15) is 5.11 Å². The Morgan fingerprint density at radius 2 is 2.33 bits per heavy atom. The SMILES string of the molecule is Cc1csc(CC(O)c2occc2C)n1. The lowest BCUT2D eigenvalue weighted by Gasteiger charge is -2.06. The molecule has 0 amide bonds. The predicted octanol–water partition coefficient (Wildman–Crippen LogP) is 2.63. The third-order valence-electron chi connectivity index (χ3n) is 2.24. The number of rotatable bonds is 3. The molecule has 0 saturated heterocycles. The standard InChI is InChI=1S/C11H13NO2S/c1-7-3-4-14-11(7)9(13)5-10-12-8(2)6-15-10/h3-4,6,9,13H,5H2,1-2H3. The van der Waals surface area contributed by atoms with Crippen molar-refractivity contribution in [2.75, 3.05) is 0 Å². The van der Waals surface area contributed by atoms with Gasteiger partial charge in [-0.1, -0.05) is 0 Å². The Morgan fingerprint density at radius 3 is 2.87 bits per heavy atom. The molecule has 0 aromatic carbocycles. The summed E-state index contributed by atoms with van der Waals surface area (Å²) in [7, 11) is 0. The Morgan fingerprint density at radius 1 is 1.53 bits per heavy atom. The summed E-state index contributed by atoms with van der Waals surface area (Å²) >= 11 is 1.57. The number of aromatic nitrogens is 1. The van der Waals surface area contributed by atoms with Gasteiger partial charge in [0.1, 0.15) is 11.9 Å². The van der Waals surface area contributed by atoms with E-state index in [1.165, 1.54) is 0 Å². The van der Waals surface area contributed by atoms with Crippen LogP contribution in [0.5, 0.6) is 0 Å². The average Bonchev–Trinajstić information content (AvgIpc) is 2.75. The number of aryl methyl sites for hydroxylation is 2. The van der Waals surface area contributed by atoms with Crippen molar-refractivity contribution in [2.45, 2.75) is 26.4 Å². The van der Waals surface area contributed by atoms with E-state index >= 15 is 0 Å². The number of thiazole rings is 1. The van der Waals surface area contributed by atoms with Crippen molar-refractivity contribution in [3.05, 3.63) is 39.7 Å². The summed E-state index contributed by atoms with van der Waals surface area (Å²) in [6.45, 7) is 3.87. The minimum atomic E-state index is -0.592. The Bertz CT molecular complexity index is 447. The van der Waals surface area contributed by atoms with E-state index in [4.69, 9.17) is 4.42 Å². The van der Waals surface area contributed by atoms with E-state index < -0.39 is 6.10 Å². The van der Waals surface area contributed by atoms with Gasteiger partial charge in [0.25, 0.3) is 0 Å². The highest BCUT2D eigenvalue weighted by atomic mass is 32.1. The molecule has 0 saturated carbocycles. The highest BCUT2D eigenvalue weighted by molar-refractivity contribution is 7.09. The van der Waals surface area contributed by atoms with E-state index in [0.29, 0.717) is 12.2 Å². The molecule has 1 atom stereocenters. The van der Waals surface area contributed by atoms with Crippen LogP contribution in [-0.4, -0.2) is 10.1 Å². The van der Waals surface area contributed by atoms with Gasteiger partial charge in [0.15, 0.2) is 0 Å². The Balaban J connectivity index is 2.10. The highest BCUT2D eigenvalue weighted by Crippen LogP contribution is 2.23. The molecule has 0 fully saturated rings. The fraction of sp³-hybridized carbons (Fsp3) is 0.364. The van der Waals surface area contributed by atoms with Crippen molar-refractivity contribution < 1.29 is 9.52 Å². The minimum absolute atomic E-state index is 0.521. The summed E-state index contributed by atoms with van der Waals surface area (Å²) < 4.78 is 5.23. The summed E-state index contributed by atoms with van der Waals surface area (Å²) in [5.41, 5.74) is 1.98. The number of hydrogen-bond acceptors (Lipinski definition) is 4. The zero-order valence-corrected chi connectivity index (χ0v) is 9.54. The monoisotopic (exact) mass is 223 g/mol. The van der Waals surface area contributed by atoms with Crippen molar-refractivity contribution >= 4 is 11.3 Å². The normalized spacial score (nSPS) is 13.0. The number of nitrogens with zero attached hydrogens (tertiary/aromatic N) is 1. The minimum Gasteiger partial charge on any atom is -0.466 e. The molecular weight excluding hydrogens is 210 g/mol. The fourth-order valence-corrected chi connectivity index (χ4v) is 2.29. The topological polar surface area (TPSA) is 46.3 Å². The van der Waals surface area contributed by atoms with Crippen LogP contribution in [0, 0.1) is 13.8 Å². The number of aliphatic hydroxyl groups is 1. The highest BCUT2D eigenvalue weighted by Gasteiger charge is 2.15. The van der Waals surface area contributed by atoms with Gasteiger partial charge in [-0.15, -0.1) is 11.3 Å². The molecular formula is C11H13NO2S. The van der Waals surface area contributed by atoms with Crippen molar-refractivity contribution in [3.8, 4) is 0 Å². The van der Waals surface area contributed by atoms with Crippen LogP contribution in [0.2, 0.25) is 0 Å². The second-order valence-corrected chi connectivity index (χ2v) is 4.51. The molecule has 2 aromatic rings. The maximum atomic E-state index is 9.93. The van der Waals surface area contributed by atoms with Crippen molar-refractivity contribution in [1.82, 2.24) is 4.98 Å². The van der Waals surface area contributed by atoms with Crippen molar-refractivity contribution in [3.63, 3.8) is 0 Å². The molecule has 0 aliphatic heterocycles. The summed E-state index contributed by atoms with van der Waals surface area (Å²) in [5.74, 6) is 0.642. The Kier molecular flexibility index (Phi) is 2.88. The molecule has 2 heterocycles. The lowest BCUT2D eigenvalue weighted by molar-refractivity contribution is 0.149. The molecule has 4 heteroatoms. The molecule has 0 radical (unpaired) electrons. The van der Waals surface area contributed by atoms with Crippen LogP contribution in [0.1, 0.15) is 28.1 Å². The lowest BCUT2D eigenvalue weighted by atomic mass is 10.1. The van der Waals surface area contributed by atoms with E-state index in [2.05, 4.69) is 4.98 Å². The van der Waals surface area contributed by atoms with Crippen LogP contribution in [0.3, 0.4) is 0 Å². The molecule has 3 nitrogen and oxygen atoms in total. The maximum absolute atomic E-state index is 9.93. The van der Waals surface area contributed by atoms with Gasteiger partial charge < -0.3 is 9.52 Å². The van der Waals surface area contributed by atoms with Crippen LogP contribution in [-0.2, 0) is 6.42 Å². The van der Waals surface area contributed by atoms with Crippen LogP contribution >= 0.6 is 11.3 Å². The molecule has 0 spiro atoms. The van der Waals surface area contributed by atoms with Gasteiger partial charge in [-0.05, 0) is 25.5 Å². The quantitative estimate of drug-likeness (QED) is 0.870. The molecule has 0 bridgehead atoms. The molecule has 80 valence electrons. The molecule has 1 N–H and O–H groups in total. The third-order valence-corrected chi connectivity index (χ3v) is 3.23. The van der Waals surface area contributed by atoms with Crippen molar-refractivity contribution in [1.29, 1.82) is 0 Å². The second-order valence-electron chi connectivity index (χ2n) is 3.57. The van der Waals surface area contributed by atoms with Gasteiger partial charge in [0, 0.05) is 17.5 Å². The van der Waals surface area contributed by atoms with E-state index in [1.807, 2.05) is 25.3 Å². The van der Waals surface area contributed by atoms with Crippen LogP contribution in [0.15, 0.2) is 22.1 Å². The lowest BCUT2D eigenvalue weighted by Crippen LogP contribution is -2.01. The van der Waals surface area contributed by atoms with Crippen LogP contribution in [0.4, 0.5) is 0 Å². The first-order valence-electron chi connectivity index (χ1n) is 4.80. The smallest absolute Gasteiger partial charge is 0.135 e. The number of furan rings is 1. The first-order chi connectivity index (χ1) is 7.16. The summed E-state index contributed by atoms with van der Waals surface area (Å²) in [5, 5.41) is 12.8. The van der Waals surface area contributed by atoms with Crippen molar-refractivity contribution in [2.24, 2.45) is 0 Å². The largest absolute Gasteiger partial charge is 0.466 e. The van der Waals surface area contributed by atoms with Gasteiger partial charge in [0.2, 0.25) is 0 Å². The average molecular weight is 223 g/mol. The summed E-state index contributed by atoms with van der Waals surface area (Å²) in [6, 6.07) is 1.85. The third kappa shape index (κ3) is 2.27. The van der Waals surface area contributed by atoms with E-state index in [-0.39, 0.29) is 0 Å². The van der Waals surface area contributed by atoms with Crippen LogP contribution < -0.4 is 0 Å². The zero-order chi connectivity index (χ0) is 10.8. The number of hydrogen-bond donors (Lipinski definition) is 1. The zero-order valence-electron chi connectivity index (χ0n) is 8.73. The van der Waals surface area contributed by atoms with Crippen LogP contribution in [0.25, 0.3) is 0 Å². The Labute approximate surface area is 92.4 Å². The van der Waals surface area contributed by atoms with Gasteiger partial charge in [0.05, 0.1) is 11.3 Å². The van der Waals surface area contributed by atoms with E-state index in [0.717, 1.165) is 16.3 Å². The second kappa shape index (κ2) is 4.16. The number of aliphatic hydroxyl groups excluding tert-OH is 1. The molecule has 15 heavy (non-hydrogen) atoms. The summed E-state index contributed by atoms with van der Waals surface area (Å²) in [4.78, 5) is 4.31. The Hall–Kier alpha value is -1.13. The first kappa shape index (κ1) is 10.4. The van der Waals surface area contributed by atoms with E-state index in [1.54, 1.807) is 17.6 Å².